The molecule has 0 amide bonds. The third-order valence-corrected chi connectivity index (χ3v) is 4.37. The lowest BCUT2D eigenvalue weighted by Crippen LogP contribution is -2.47. The van der Waals surface area contributed by atoms with Crippen molar-refractivity contribution in [3.05, 3.63) is 26.7 Å². The number of H-pyrrole nitrogens is 1. The number of rotatable bonds is 2. The van der Waals surface area contributed by atoms with Crippen molar-refractivity contribution in [2.75, 3.05) is 13.1 Å². The number of imidazole rings is 1. The molecule has 11 heteroatoms. The van der Waals surface area contributed by atoms with E-state index in [1.54, 1.807) is 0 Å². The van der Waals surface area contributed by atoms with Gasteiger partial charge in [0.25, 0.3) is 5.56 Å². The highest BCUT2D eigenvalue weighted by molar-refractivity contribution is 5.69. The topological polar surface area (TPSA) is 96.2 Å². The first-order chi connectivity index (χ1) is 11.0. The van der Waals surface area contributed by atoms with Gasteiger partial charge in [-0.15, -0.1) is 0 Å². The van der Waals surface area contributed by atoms with Crippen LogP contribution in [-0.2, 0) is 20.6 Å². The van der Waals surface area contributed by atoms with E-state index in [-0.39, 0.29) is 30.1 Å². The van der Waals surface area contributed by atoms with E-state index in [1.165, 1.54) is 23.6 Å². The number of aromatic amines is 1. The Labute approximate surface area is 133 Å². The summed E-state index contributed by atoms with van der Waals surface area (Å²) in [6, 6.07) is 0. The molecule has 1 fully saturated rings. The molecule has 0 radical (unpaired) electrons. The highest BCUT2D eigenvalue weighted by Gasteiger charge is 2.56. The Balaban J connectivity index is 1.91. The summed E-state index contributed by atoms with van der Waals surface area (Å²) in [4.78, 5) is 32.2. The van der Waals surface area contributed by atoms with Crippen molar-refractivity contribution in [3.8, 4) is 0 Å². The Hall–Kier alpha value is -2.14. The molecule has 0 aliphatic carbocycles. The number of nitrogens with one attached hydrogen (secondary N) is 1. The van der Waals surface area contributed by atoms with Crippen LogP contribution in [0.15, 0.2) is 9.59 Å². The molecule has 1 saturated heterocycles. The largest absolute Gasteiger partial charge is 0.418 e. The summed E-state index contributed by atoms with van der Waals surface area (Å²) in [6.07, 6.45) is -5.12. The van der Waals surface area contributed by atoms with E-state index in [2.05, 4.69) is 9.97 Å². The van der Waals surface area contributed by atoms with Crippen LogP contribution in [0.2, 0.25) is 0 Å². The van der Waals surface area contributed by atoms with Crippen molar-refractivity contribution in [2.45, 2.75) is 24.7 Å². The van der Waals surface area contributed by atoms with Crippen LogP contribution in [0.1, 0.15) is 12.2 Å². The molecule has 3 rings (SSSR count). The van der Waals surface area contributed by atoms with Crippen molar-refractivity contribution in [1.29, 1.82) is 0 Å². The van der Waals surface area contributed by atoms with Gasteiger partial charge in [0.15, 0.2) is 11.2 Å². The molecule has 2 N–H and O–H groups in total. The lowest BCUT2D eigenvalue weighted by atomic mass is 10.0. The SMILES string of the molecule is Cn1c(=O)c2[nH]c(CN3CCC(O)(C(F)(F)F)C3)nc2n(C)c1=O. The van der Waals surface area contributed by atoms with Crippen molar-refractivity contribution in [1.82, 2.24) is 24.0 Å². The third kappa shape index (κ3) is 2.44. The van der Waals surface area contributed by atoms with E-state index in [0.717, 1.165) is 4.57 Å². The molecule has 0 spiro atoms. The molecule has 0 aromatic carbocycles. The molecule has 1 unspecified atom stereocenters. The molecule has 1 aliphatic heterocycles. The minimum atomic E-state index is -4.70. The summed E-state index contributed by atoms with van der Waals surface area (Å²) < 4.78 is 40.6. The maximum absolute atomic E-state index is 12.8. The number of aromatic nitrogens is 4. The molecule has 1 atom stereocenters. The number of β-amino-alcohol motifs (C(OH)–C–C–N with tert-alkyl or cyclic N) is 1. The minimum absolute atomic E-state index is 0.00438. The molecule has 3 heterocycles. The molecule has 24 heavy (non-hydrogen) atoms. The Bertz CT molecular complexity index is 912. The summed E-state index contributed by atoms with van der Waals surface area (Å²) in [5.74, 6) is 0.259. The number of fused-ring (bicyclic) bond motifs is 1. The molecular formula is C13H16F3N5O3. The number of hydrogen-bond donors (Lipinski definition) is 2. The maximum atomic E-state index is 12.8. The number of nitrogens with zero attached hydrogens (tertiary/aromatic N) is 4. The molecule has 8 nitrogen and oxygen atoms in total. The van der Waals surface area contributed by atoms with Gasteiger partial charge < -0.3 is 10.1 Å². The van der Waals surface area contributed by atoms with Gasteiger partial charge >= 0.3 is 11.9 Å². The third-order valence-electron chi connectivity index (χ3n) is 4.37. The summed E-state index contributed by atoms with van der Waals surface area (Å²) >= 11 is 0. The van der Waals surface area contributed by atoms with Gasteiger partial charge in [-0.2, -0.15) is 13.2 Å². The predicted molar refractivity (Wildman–Crippen MR) is 77.5 cm³/mol. The van der Waals surface area contributed by atoms with E-state index >= 15 is 0 Å². The second kappa shape index (κ2) is 5.18. The van der Waals surface area contributed by atoms with E-state index in [0.29, 0.717) is 0 Å². The fraction of sp³-hybridized carbons (Fsp3) is 0.615. The molecule has 0 bridgehead atoms. The summed E-state index contributed by atoms with van der Waals surface area (Å²) in [6.45, 7) is -0.515. The average molecular weight is 347 g/mol. The minimum Gasteiger partial charge on any atom is -0.379 e. The lowest BCUT2D eigenvalue weighted by Gasteiger charge is -2.25. The zero-order valence-corrected chi connectivity index (χ0v) is 13.0. The first kappa shape index (κ1) is 16.7. The number of aliphatic hydroxyl groups is 1. The molecule has 2 aromatic heterocycles. The first-order valence-corrected chi connectivity index (χ1v) is 7.19. The molecule has 0 saturated carbocycles. The second-order valence-corrected chi connectivity index (χ2v) is 6.08. The average Bonchev–Trinajstić information content (AvgIpc) is 3.08. The van der Waals surface area contributed by atoms with Crippen LogP contribution in [0.3, 0.4) is 0 Å². The van der Waals surface area contributed by atoms with E-state index in [9.17, 15) is 27.9 Å². The standard InChI is InChI=1S/C13H16F3N5O3/c1-19-9-8(10(22)20(2)11(19)23)17-7(18-9)5-21-4-3-12(24,6-21)13(14,15)16/h24H,3-6H2,1-2H3,(H,17,18). The lowest BCUT2D eigenvalue weighted by molar-refractivity contribution is -0.254. The summed E-state index contributed by atoms with van der Waals surface area (Å²) in [5, 5.41) is 9.68. The smallest absolute Gasteiger partial charge is 0.379 e. The van der Waals surface area contributed by atoms with Crippen LogP contribution >= 0.6 is 0 Å². The molecule has 132 valence electrons. The predicted octanol–water partition coefficient (Wildman–Crippen LogP) is -0.541. The van der Waals surface area contributed by atoms with E-state index in [4.69, 9.17) is 0 Å². The monoisotopic (exact) mass is 347 g/mol. The fourth-order valence-electron chi connectivity index (χ4n) is 2.90. The number of likely N-dealkylation sites (tertiary alicyclic amines) is 1. The van der Waals surface area contributed by atoms with Crippen molar-refractivity contribution in [3.63, 3.8) is 0 Å². The summed E-state index contributed by atoms with van der Waals surface area (Å²) in [5.41, 5.74) is -3.58. The zero-order chi connectivity index (χ0) is 17.9. The van der Waals surface area contributed by atoms with Gasteiger partial charge in [0.05, 0.1) is 6.54 Å². The molecule has 2 aromatic rings. The zero-order valence-electron chi connectivity index (χ0n) is 13.0. The van der Waals surface area contributed by atoms with Crippen LogP contribution < -0.4 is 11.2 Å². The van der Waals surface area contributed by atoms with Crippen LogP contribution in [0.4, 0.5) is 13.2 Å². The number of halogens is 3. The van der Waals surface area contributed by atoms with Crippen molar-refractivity contribution < 1.29 is 18.3 Å². The van der Waals surface area contributed by atoms with Gasteiger partial charge in [-0.25, -0.2) is 9.78 Å². The van der Waals surface area contributed by atoms with Crippen LogP contribution in [0.25, 0.3) is 11.2 Å². The normalized spacial score (nSPS) is 22.6. The Morgan fingerprint density at radius 3 is 2.54 bits per heavy atom. The van der Waals surface area contributed by atoms with Crippen molar-refractivity contribution >= 4 is 11.2 Å². The first-order valence-electron chi connectivity index (χ1n) is 7.19. The Morgan fingerprint density at radius 2 is 1.96 bits per heavy atom. The van der Waals surface area contributed by atoms with Gasteiger partial charge in [-0.05, 0) is 6.42 Å². The Morgan fingerprint density at radius 1 is 1.29 bits per heavy atom. The molecule has 1 aliphatic rings. The van der Waals surface area contributed by atoms with Gasteiger partial charge in [0, 0.05) is 27.2 Å². The number of alkyl halides is 3. The van der Waals surface area contributed by atoms with Gasteiger partial charge in [0.2, 0.25) is 0 Å². The maximum Gasteiger partial charge on any atom is 0.418 e. The van der Waals surface area contributed by atoms with E-state index in [1.807, 2.05) is 0 Å². The number of aryl methyl sites for hydroxylation is 1. The van der Waals surface area contributed by atoms with Gasteiger partial charge in [-0.1, -0.05) is 0 Å². The van der Waals surface area contributed by atoms with Crippen LogP contribution in [0, 0.1) is 0 Å². The van der Waals surface area contributed by atoms with Gasteiger partial charge in [0.1, 0.15) is 11.3 Å². The van der Waals surface area contributed by atoms with Crippen molar-refractivity contribution in [2.24, 2.45) is 14.1 Å². The second-order valence-electron chi connectivity index (χ2n) is 6.08. The quantitative estimate of drug-likeness (QED) is 0.761. The fourth-order valence-corrected chi connectivity index (χ4v) is 2.90. The van der Waals surface area contributed by atoms with E-state index < -0.39 is 36.0 Å². The summed E-state index contributed by atoms with van der Waals surface area (Å²) in [7, 11) is 2.78. The highest BCUT2D eigenvalue weighted by atomic mass is 19.4. The Kier molecular flexibility index (Phi) is 3.61. The van der Waals surface area contributed by atoms with Crippen LogP contribution in [0.5, 0.6) is 0 Å². The van der Waals surface area contributed by atoms with Crippen LogP contribution in [-0.4, -0.2) is 54.0 Å². The highest BCUT2D eigenvalue weighted by Crippen LogP contribution is 2.37. The molecular weight excluding hydrogens is 331 g/mol. The van der Waals surface area contributed by atoms with Gasteiger partial charge in [-0.3, -0.25) is 18.8 Å². The number of hydrogen-bond acceptors (Lipinski definition) is 5.